The molecule has 0 saturated heterocycles. The number of amides is 1. The predicted molar refractivity (Wildman–Crippen MR) is 53.1 cm³/mol. The summed E-state index contributed by atoms with van der Waals surface area (Å²) >= 11 is 0. The fraction of sp³-hybridized carbons (Fsp3) is 0.500. The van der Waals surface area contributed by atoms with Gasteiger partial charge in [-0.1, -0.05) is 0 Å². The first kappa shape index (κ1) is 11.7. The van der Waals surface area contributed by atoms with E-state index in [1.54, 1.807) is 25.4 Å². The van der Waals surface area contributed by atoms with E-state index in [0.29, 0.717) is 18.8 Å². The van der Waals surface area contributed by atoms with Gasteiger partial charge in [0.05, 0.1) is 19.0 Å². The molecule has 0 saturated carbocycles. The molecule has 0 spiro atoms. The van der Waals surface area contributed by atoms with Gasteiger partial charge in [0.2, 0.25) is 6.41 Å². The Morgan fingerprint density at radius 3 is 3.13 bits per heavy atom. The van der Waals surface area contributed by atoms with Gasteiger partial charge in [-0.3, -0.25) is 4.79 Å². The SMILES string of the molecule is CN(C=O)CC(O)COCc1ccco1. The zero-order chi connectivity index (χ0) is 11.1. The predicted octanol–water partition coefficient (Wildman–Crippen LogP) is 0.245. The minimum absolute atomic E-state index is 0.179. The van der Waals surface area contributed by atoms with Gasteiger partial charge in [-0.05, 0) is 12.1 Å². The van der Waals surface area contributed by atoms with Crippen LogP contribution in [0.2, 0.25) is 0 Å². The van der Waals surface area contributed by atoms with E-state index in [0.717, 1.165) is 0 Å². The molecule has 1 aromatic heterocycles. The first-order chi connectivity index (χ1) is 7.22. The van der Waals surface area contributed by atoms with E-state index in [-0.39, 0.29) is 13.2 Å². The van der Waals surface area contributed by atoms with Gasteiger partial charge < -0.3 is 19.2 Å². The van der Waals surface area contributed by atoms with Crippen molar-refractivity contribution >= 4 is 6.41 Å². The Balaban J connectivity index is 2.11. The van der Waals surface area contributed by atoms with E-state index in [9.17, 15) is 9.90 Å². The molecular formula is C10H15NO4. The molecule has 0 aliphatic carbocycles. The summed E-state index contributed by atoms with van der Waals surface area (Å²) < 4.78 is 10.2. The van der Waals surface area contributed by atoms with Gasteiger partial charge in [0.15, 0.2) is 0 Å². The van der Waals surface area contributed by atoms with Crippen LogP contribution in [-0.2, 0) is 16.1 Å². The summed E-state index contributed by atoms with van der Waals surface area (Å²) in [6, 6.07) is 3.57. The maximum absolute atomic E-state index is 10.3. The summed E-state index contributed by atoms with van der Waals surface area (Å²) in [5.41, 5.74) is 0. The van der Waals surface area contributed by atoms with Crippen LogP contribution in [0.5, 0.6) is 0 Å². The fourth-order valence-corrected chi connectivity index (χ4v) is 1.12. The lowest BCUT2D eigenvalue weighted by molar-refractivity contribution is -0.118. The summed E-state index contributed by atoms with van der Waals surface area (Å²) in [6.45, 7) is 0.773. The molecule has 1 amide bonds. The first-order valence-electron chi connectivity index (χ1n) is 4.66. The fourth-order valence-electron chi connectivity index (χ4n) is 1.12. The molecule has 0 bridgehead atoms. The number of hydrogen-bond donors (Lipinski definition) is 1. The molecule has 1 N–H and O–H groups in total. The third kappa shape index (κ3) is 4.62. The Morgan fingerprint density at radius 2 is 2.53 bits per heavy atom. The standard InChI is InChI=1S/C10H15NO4/c1-11(8-12)5-9(13)6-14-7-10-3-2-4-15-10/h2-4,8-9,13H,5-7H2,1H3. The highest BCUT2D eigenvalue weighted by Crippen LogP contribution is 2.02. The molecule has 1 aromatic rings. The van der Waals surface area contributed by atoms with Crippen LogP contribution in [0.1, 0.15) is 5.76 Å². The number of nitrogens with zero attached hydrogens (tertiary/aromatic N) is 1. The molecule has 0 fully saturated rings. The maximum Gasteiger partial charge on any atom is 0.209 e. The Morgan fingerprint density at radius 1 is 1.73 bits per heavy atom. The van der Waals surface area contributed by atoms with E-state index in [1.807, 2.05) is 0 Å². The second-order valence-electron chi connectivity index (χ2n) is 3.29. The molecular weight excluding hydrogens is 198 g/mol. The van der Waals surface area contributed by atoms with Crippen LogP contribution in [0.25, 0.3) is 0 Å². The smallest absolute Gasteiger partial charge is 0.209 e. The summed E-state index contributed by atoms with van der Waals surface area (Å²) in [5, 5.41) is 9.42. The summed E-state index contributed by atoms with van der Waals surface area (Å²) in [5.74, 6) is 0.714. The van der Waals surface area contributed by atoms with Crippen molar-refractivity contribution in [2.45, 2.75) is 12.7 Å². The average Bonchev–Trinajstić information content (AvgIpc) is 2.70. The normalized spacial score (nSPS) is 12.4. The summed E-state index contributed by atoms with van der Waals surface area (Å²) in [7, 11) is 1.60. The van der Waals surface area contributed by atoms with Gasteiger partial charge in [0.1, 0.15) is 12.4 Å². The molecule has 5 heteroatoms. The number of rotatable bonds is 7. The molecule has 84 valence electrons. The van der Waals surface area contributed by atoms with Crippen molar-refractivity contribution in [3.63, 3.8) is 0 Å². The lowest BCUT2D eigenvalue weighted by Crippen LogP contribution is -2.31. The highest BCUT2D eigenvalue weighted by Gasteiger charge is 2.07. The van der Waals surface area contributed by atoms with Crippen LogP contribution in [-0.4, -0.2) is 42.7 Å². The number of furan rings is 1. The maximum atomic E-state index is 10.3. The van der Waals surface area contributed by atoms with Crippen molar-refractivity contribution in [3.05, 3.63) is 24.2 Å². The molecule has 1 rings (SSSR count). The van der Waals surface area contributed by atoms with Crippen LogP contribution in [0.15, 0.2) is 22.8 Å². The van der Waals surface area contributed by atoms with Crippen molar-refractivity contribution < 1.29 is 19.1 Å². The molecule has 0 aliphatic heterocycles. The minimum atomic E-state index is -0.671. The molecule has 0 aromatic carbocycles. The number of hydrogen-bond acceptors (Lipinski definition) is 4. The van der Waals surface area contributed by atoms with Crippen molar-refractivity contribution in [1.82, 2.24) is 4.90 Å². The first-order valence-corrected chi connectivity index (χ1v) is 4.66. The number of carbonyl (C=O) groups excluding carboxylic acids is 1. The summed E-state index contributed by atoms with van der Waals surface area (Å²) in [4.78, 5) is 11.6. The van der Waals surface area contributed by atoms with Crippen molar-refractivity contribution in [1.29, 1.82) is 0 Å². The quantitative estimate of drug-likeness (QED) is 0.659. The van der Waals surface area contributed by atoms with Crippen molar-refractivity contribution in [3.8, 4) is 0 Å². The van der Waals surface area contributed by atoms with Crippen LogP contribution in [0.4, 0.5) is 0 Å². The van der Waals surface area contributed by atoms with Crippen molar-refractivity contribution in [2.24, 2.45) is 0 Å². The van der Waals surface area contributed by atoms with Crippen LogP contribution < -0.4 is 0 Å². The van der Waals surface area contributed by atoms with Gasteiger partial charge >= 0.3 is 0 Å². The van der Waals surface area contributed by atoms with E-state index in [2.05, 4.69) is 0 Å². The molecule has 15 heavy (non-hydrogen) atoms. The highest BCUT2D eigenvalue weighted by molar-refractivity contribution is 5.46. The van der Waals surface area contributed by atoms with Crippen molar-refractivity contribution in [2.75, 3.05) is 20.2 Å². The largest absolute Gasteiger partial charge is 0.467 e. The zero-order valence-electron chi connectivity index (χ0n) is 8.63. The second-order valence-corrected chi connectivity index (χ2v) is 3.29. The molecule has 0 aliphatic rings. The highest BCUT2D eigenvalue weighted by atomic mass is 16.5. The van der Waals surface area contributed by atoms with Crippen LogP contribution in [0, 0.1) is 0 Å². The van der Waals surface area contributed by atoms with Gasteiger partial charge in [-0.2, -0.15) is 0 Å². The average molecular weight is 213 g/mol. The third-order valence-corrected chi connectivity index (χ3v) is 1.81. The Hall–Kier alpha value is -1.33. The molecule has 0 radical (unpaired) electrons. The van der Waals surface area contributed by atoms with Gasteiger partial charge in [-0.15, -0.1) is 0 Å². The molecule has 1 heterocycles. The van der Waals surface area contributed by atoms with Gasteiger partial charge in [0, 0.05) is 13.6 Å². The lowest BCUT2D eigenvalue weighted by atomic mass is 10.3. The van der Waals surface area contributed by atoms with Gasteiger partial charge in [-0.25, -0.2) is 0 Å². The van der Waals surface area contributed by atoms with Gasteiger partial charge in [0.25, 0.3) is 0 Å². The minimum Gasteiger partial charge on any atom is -0.467 e. The topological polar surface area (TPSA) is 62.9 Å². The molecule has 1 unspecified atom stereocenters. The van der Waals surface area contributed by atoms with Crippen LogP contribution >= 0.6 is 0 Å². The third-order valence-electron chi connectivity index (χ3n) is 1.81. The van der Waals surface area contributed by atoms with Crippen LogP contribution in [0.3, 0.4) is 0 Å². The number of ether oxygens (including phenoxy) is 1. The number of aliphatic hydroxyl groups excluding tert-OH is 1. The molecule has 5 nitrogen and oxygen atoms in total. The van der Waals surface area contributed by atoms with E-state index in [1.165, 1.54) is 4.90 Å². The Kier molecular flexibility index (Phi) is 4.86. The summed E-state index contributed by atoms with van der Waals surface area (Å²) in [6.07, 6.45) is 1.56. The van der Waals surface area contributed by atoms with E-state index < -0.39 is 6.10 Å². The number of carbonyl (C=O) groups is 1. The monoisotopic (exact) mass is 213 g/mol. The zero-order valence-corrected chi connectivity index (χ0v) is 8.63. The molecule has 1 atom stereocenters. The Labute approximate surface area is 88.2 Å². The lowest BCUT2D eigenvalue weighted by Gasteiger charge is -2.15. The number of aliphatic hydroxyl groups is 1. The Bertz CT molecular complexity index is 273. The second kappa shape index (κ2) is 6.21. The van der Waals surface area contributed by atoms with E-state index >= 15 is 0 Å². The number of likely N-dealkylation sites (N-methyl/N-ethyl adjacent to an activating group) is 1. The van der Waals surface area contributed by atoms with E-state index in [4.69, 9.17) is 9.15 Å².